The number of hydrogen-bond donors (Lipinski definition) is 1. The molecule has 0 aliphatic rings. The molecule has 4 nitrogen and oxygen atoms in total. The first-order valence-corrected chi connectivity index (χ1v) is 11.7. The Kier molecular flexibility index (Phi) is 9.49. The zero-order valence-electron chi connectivity index (χ0n) is 17.1. The molecular weight excluding hydrogens is 369 g/mol. The van der Waals surface area contributed by atoms with Crippen molar-refractivity contribution in [3.8, 4) is 0 Å². The van der Waals surface area contributed by atoms with Gasteiger partial charge in [-0.05, 0) is 50.0 Å². The van der Waals surface area contributed by atoms with E-state index in [4.69, 9.17) is 9.05 Å². The Morgan fingerprint density at radius 1 is 0.964 bits per heavy atom. The third kappa shape index (κ3) is 6.94. The zero-order chi connectivity index (χ0) is 20.2. The molecular formula is C23H32NO3P. The minimum absolute atomic E-state index is 0.107. The summed E-state index contributed by atoms with van der Waals surface area (Å²) in [6.07, 6.45) is 2.88. The molecule has 2 aromatic carbocycles. The summed E-state index contributed by atoms with van der Waals surface area (Å²) in [6.45, 7) is 6.52. The fourth-order valence-corrected chi connectivity index (χ4v) is 4.70. The van der Waals surface area contributed by atoms with E-state index in [1.807, 2.05) is 62.4 Å². The van der Waals surface area contributed by atoms with Gasteiger partial charge < -0.3 is 14.4 Å². The number of anilines is 1. The molecule has 1 atom stereocenters. The molecule has 0 amide bonds. The van der Waals surface area contributed by atoms with Crippen molar-refractivity contribution in [2.24, 2.45) is 0 Å². The van der Waals surface area contributed by atoms with Crippen LogP contribution in [0, 0.1) is 0 Å². The molecule has 0 radical (unpaired) electrons. The summed E-state index contributed by atoms with van der Waals surface area (Å²) in [5, 5.41) is 3.61. The average molecular weight is 401 g/mol. The third-order valence-electron chi connectivity index (χ3n) is 4.35. The fourth-order valence-electron chi connectivity index (χ4n) is 3.08. The number of para-hydroxylation sites is 1. The van der Waals surface area contributed by atoms with Crippen LogP contribution in [0.3, 0.4) is 0 Å². The first kappa shape index (κ1) is 22.4. The van der Waals surface area contributed by atoms with Crippen LogP contribution in [0.15, 0.2) is 72.1 Å². The summed E-state index contributed by atoms with van der Waals surface area (Å²) in [6, 6.07) is 20.2. The van der Waals surface area contributed by atoms with Crippen molar-refractivity contribution in [2.75, 3.05) is 18.5 Å². The summed E-state index contributed by atoms with van der Waals surface area (Å²) in [4.78, 5) is 0. The van der Waals surface area contributed by atoms with E-state index in [1.165, 1.54) is 0 Å². The Labute approximate surface area is 169 Å². The van der Waals surface area contributed by atoms with Gasteiger partial charge in [-0.3, -0.25) is 4.57 Å². The van der Waals surface area contributed by atoms with Gasteiger partial charge in [0.2, 0.25) is 0 Å². The lowest BCUT2D eigenvalue weighted by atomic mass is 9.95. The molecule has 0 saturated heterocycles. The number of rotatable bonds is 12. The molecule has 0 bridgehead atoms. The second kappa shape index (κ2) is 11.9. The van der Waals surface area contributed by atoms with Crippen LogP contribution in [0.1, 0.15) is 51.6 Å². The summed E-state index contributed by atoms with van der Waals surface area (Å²) in [5.74, 6) is 1.74. The predicted octanol–water partition coefficient (Wildman–Crippen LogP) is 7.18. The van der Waals surface area contributed by atoms with Crippen molar-refractivity contribution in [3.05, 3.63) is 77.6 Å². The molecule has 0 saturated carbocycles. The maximum atomic E-state index is 13.2. The highest BCUT2D eigenvalue weighted by Crippen LogP contribution is 2.52. The van der Waals surface area contributed by atoms with Crippen LogP contribution in [-0.2, 0) is 13.6 Å². The smallest absolute Gasteiger partial charge is 0.354 e. The van der Waals surface area contributed by atoms with Gasteiger partial charge in [-0.2, -0.15) is 0 Å². The molecule has 2 aromatic rings. The second-order valence-electron chi connectivity index (χ2n) is 6.54. The zero-order valence-corrected chi connectivity index (χ0v) is 18.0. The van der Waals surface area contributed by atoms with Crippen LogP contribution in [-0.4, -0.2) is 13.2 Å². The normalized spacial score (nSPS) is 13.3. The van der Waals surface area contributed by atoms with Crippen LogP contribution in [0.25, 0.3) is 0 Å². The second-order valence-corrected chi connectivity index (χ2v) is 8.39. The van der Waals surface area contributed by atoms with E-state index in [-0.39, 0.29) is 6.04 Å². The van der Waals surface area contributed by atoms with Crippen molar-refractivity contribution in [1.82, 2.24) is 0 Å². The Morgan fingerprint density at radius 2 is 1.54 bits per heavy atom. The Morgan fingerprint density at radius 3 is 2.07 bits per heavy atom. The van der Waals surface area contributed by atoms with Crippen LogP contribution >= 0.6 is 7.60 Å². The van der Waals surface area contributed by atoms with Gasteiger partial charge in [-0.15, -0.1) is 0 Å². The van der Waals surface area contributed by atoms with E-state index in [0.717, 1.165) is 36.1 Å². The summed E-state index contributed by atoms with van der Waals surface area (Å²) in [7, 11) is -3.30. The van der Waals surface area contributed by atoms with Crippen molar-refractivity contribution < 1.29 is 13.6 Å². The molecule has 0 heterocycles. The van der Waals surface area contributed by atoms with E-state index in [1.54, 1.807) is 5.82 Å². The monoisotopic (exact) mass is 401 g/mol. The highest BCUT2D eigenvalue weighted by Gasteiger charge is 2.25. The van der Waals surface area contributed by atoms with Crippen LogP contribution in [0.4, 0.5) is 5.69 Å². The van der Waals surface area contributed by atoms with Crippen LogP contribution < -0.4 is 5.32 Å². The molecule has 0 fully saturated rings. The summed E-state index contributed by atoms with van der Waals surface area (Å²) >= 11 is 0. The lowest BCUT2D eigenvalue weighted by Gasteiger charge is -2.25. The first-order chi connectivity index (χ1) is 13.6. The van der Waals surface area contributed by atoms with Crippen LogP contribution in [0.5, 0.6) is 0 Å². The highest BCUT2D eigenvalue weighted by atomic mass is 31.2. The number of unbranched alkanes of at least 4 members (excludes halogenated alkanes) is 1. The number of hydrogen-bond acceptors (Lipinski definition) is 4. The molecule has 152 valence electrons. The molecule has 0 aromatic heterocycles. The summed E-state index contributed by atoms with van der Waals surface area (Å²) in [5.41, 5.74) is 3.16. The quantitative estimate of drug-likeness (QED) is 0.383. The summed E-state index contributed by atoms with van der Waals surface area (Å²) < 4.78 is 24.3. The number of nitrogens with one attached hydrogen (secondary N) is 1. The van der Waals surface area contributed by atoms with Crippen molar-refractivity contribution >= 4 is 13.3 Å². The molecule has 0 spiro atoms. The Hall–Kier alpha value is -1.87. The van der Waals surface area contributed by atoms with Crippen LogP contribution in [0.2, 0.25) is 0 Å². The maximum Gasteiger partial charge on any atom is 0.354 e. The standard InChI is InChI=1S/C23H32NO3P/c1-4-7-14-21(19-28(25,26-5-2)27-6-3)23(20-15-10-8-11-16-20)24-22-17-12-9-13-18-22/h8-13,15-19,23-24H,4-7,14H2,1-3H3/b21-19+. The molecule has 5 heteroatoms. The van der Waals surface area contributed by atoms with Crippen molar-refractivity contribution in [3.63, 3.8) is 0 Å². The maximum absolute atomic E-state index is 13.2. The van der Waals surface area contributed by atoms with Gasteiger partial charge in [0.15, 0.2) is 0 Å². The minimum atomic E-state index is -3.30. The lowest BCUT2D eigenvalue weighted by molar-refractivity contribution is 0.228. The lowest BCUT2D eigenvalue weighted by Crippen LogP contribution is -2.14. The Bertz CT molecular complexity index is 752. The van der Waals surface area contributed by atoms with Crippen molar-refractivity contribution in [1.29, 1.82) is 0 Å². The van der Waals surface area contributed by atoms with Crippen molar-refractivity contribution in [2.45, 2.75) is 46.1 Å². The largest absolute Gasteiger partial charge is 0.374 e. The molecule has 1 unspecified atom stereocenters. The van der Waals surface area contributed by atoms with Gasteiger partial charge in [0, 0.05) is 11.5 Å². The van der Waals surface area contributed by atoms with Gasteiger partial charge >= 0.3 is 7.60 Å². The highest BCUT2D eigenvalue weighted by molar-refractivity contribution is 7.57. The third-order valence-corrected chi connectivity index (χ3v) is 6.23. The molecule has 1 N–H and O–H groups in total. The van der Waals surface area contributed by atoms with E-state index < -0.39 is 7.60 Å². The molecule has 28 heavy (non-hydrogen) atoms. The van der Waals surface area contributed by atoms with Gasteiger partial charge in [-0.1, -0.05) is 61.9 Å². The molecule has 0 aliphatic carbocycles. The Balaban J connectivity index is 2.48. The van der Waals surface area contributed by atoms with Gasteiger partial charge in [0.25, 0.3) is 0 Å². The SMILES string of the molecule is CCCC/C(=C\P(=O)(OCC)OCC)C(Nc1ccccc1)c1ccccc1. The van der Waals surface area contributed by atoms with E-state index in [2.05, 4.69) is 24.4 Å². The predicted molar refractivity (Wildman–Crippen MR) is 118 cm³/mol. The van der Waals surface area contributed by atoms with Gasteiger partial charge in [0.1, 0.15) is 0 Å². The topological polar surface area (TPSA) is 47.6 Å². The molecule has 2 rings (SSSR count). The fraction of sp³-hybridized carbons (Fsp3) is 0.391. The molecule has 0 aliphatic heterocycles. The van der Waals surface area contributed by atoms with Gasteiger partial charge in [-0.25, -0.2) is 0 Å². The van der Waals surface area contributed by atoms with E-state index in [0.29, 0.717) is 13.2 Å². The minimum Gasteiger partial charge on any atom is -0.374 e. The van der Waals surface area contributed by atoms with E-state index >= 15 is 0 Å². The van der Waals surface area contributed by atoms with E-state index in [9.17, 15) is 4.57 Å². The first-order valence-electron chi connectivity index (χ1n) is 10.1. The average Bonchev–Trinajstić information content (AvgIpc) is 2.71. The number of benzene rings is 2. The van der Waals surface area contributed by atoms with Gasteiger partial charge in [0.05, 0.1) is 19.3 Å².